The molecule has 1 saturated heterocycles. The van der Waals surface area contributed by atoms with Crippen LogP contribution in [0.5, 0.6) is 0 Å². The van der Waals surface area contributed by atoms with Crippen LogP contribution in [-0.4, -0.2) is 45.2 Å². The summed E-state index contributed by atoms with van der Waals surface area (Å²) in [6.07, 6.45) is 5.03. The summed E-state index contributed by atoms with van der Waals surface area (Å²) < 4.78 is 0. The lowest BCUT2D eigenvalue weighted by atomic mass is 10.0. The molecule has 0 aromatic carbocycles. The molecular formula is C13H20N4O2. The van der Waals surface area contributed by atoms with Crippen LogP contribution in [0.25, 0.3) is 0 Å². The molecule has 0 amide bonds. The van der Waals surface area contributed by atoms with Crippen molar-refractivity contribution in [1.29, 1.82) is 0 Å². The summed E-state index contributed by atoms with van der Waals surface area (Å²) in [7, 11) is 0. The van der Waals surface area contributed by atoms with E-state index in [4.69, 9.17) is 10.9 Å². The van der Waals surface area contributed by atoms with Crippen molar-refractivity contribution in [2.75, 3.05) is 13.2 Å². The van der Waals surface area contributed by atoms with Gasteiger partial charge in [0.25, 0.3) is 0 Å². The summed E-state index contributed by atoms with van der Waals surface area (Å²) in [6.45, 7) is 1.93. The summed E-state index contributed by atoms with van der Waals surface area (Å²) >= 11 is 0. The predicted molar refractivity (Wildman–Crippen MR) is 71.9 cm³/mol. The Balaban J connectivity index is 2.09. The Morgan fingerprint density at radius 2 is 2.37 bits per heavy atom. The van der Waals surface area contributed by atoms with Crippen molar-refractivity contribution >= 4 is 5.84 Å². The molecule has 1 atom stereocenters. The highest BCUT2D eigenvalue weighted by molar-refractivity contribution is 5.95. The number of oxime groups is 1. The molecule has 1 aromatic rings. The summed E-state index contributed by atoms with van der Waals surface area (Å²) in [6, 6.07) is 3.96. The van der Waals surface area contributed by atoms with Gasteiger partial charge < -0.3 is 16.0 Å². The normalized spacial score (nSPS) is 21.5. The predicted octanol–water partition coefficient (Wildman–Crippen LogP) is 0.523. The van der Waals surface area contributed by atoms with E-state index in [1.54, 1.807) is 6.20 Å². The van der Waals surface area contributed by atoms with Crippen molar-refractivity contribution in [2.24, 2.45) is 10.9 Å². The third-order valence-corrected chi connectivity index (χ3v) is 3.54. The van der Waals surface area contributed by atoms with Crippen LogP contribution in [0.1, 0.15) is 30.5 Å². The highest BCUT2D eigenvalue weighted by atomic mass is 16.4. The number of nitrogens with zero attached hydrogens (tertiary/aromatic N) is 3. The fourth-order valence-corrected chi connectivity index (χ4v) is 2.47. The molecule has 1 fully saturated rings. The first-order valence-corrected chi connectivity index (χ1v) is 6.52. The fourth-order valence-electron chi connectivity index (χ4n) is 2.47. The Labute approximate surface area is 112 Å². The number of aromatic nitrogens is 1. The zero-order chi connectivity index (χ0) is 13.7. The number of amidine groups is 1. The molecule has 6 nitrogen and oxygen atoms in total. The number of likely N-dealkylation sites (tertiary alicyclic amines) is 1. The lowest BCUT2D eigenvalue weighted by Crippen LogP contribution is -2.41. The molecule has 1 aromatic heterocycles. The second kappa shape index (κ2) is 6.49. The second-order valence-corrected chi connectivity index (χ2v) is 4.84. The third-order valence-electron chi connectivity index (χ3n) is 3.54. The SMILES string of the molecule is NC(=NO)c1cc(CN2CCCCC2CO)ccn1. The van der Waals surface area contributed by atoms with Crippen LogP contribution in [0.15, 0.2) is 23.5 Å². The number of pyridine rings is 1. The summed E-state index contributed by atoms with van der Waals surface area (Å²) in [5.41, 5.74) is 7.06. The third kappa shape index (κ3) is 3.42. The molecule has 2 rings (SSSR count). The maximum Gasteiger partial charge on any atom is 0.188 e. The molecule has 0 aliphatic carbocycles. The Bertz CT molecular complexity index is 450. The van der Waals surface area contributed by atoms with Crippen LogP contribution in [0.2, 0.25) is 0 Å². The van der Waals surface area contributed by atoms with Crippen LogP contribution in [0.3, 0.4) is 0 Å². The minimum Gasteiger partial charge on any atom is -0.409 e. The van der Waals surface area contributed by atoms with Gasteiger partial charge in [-0.05, 0) is 37.1 Å². The number of rotatable bonds is 4. The molecule has 2 heterocycles. The fraction of sp³-hybridized carbons (Fsp3) is 0.538. The maximum absolute atomic E-state index is 9.39. The minimum absolute atomic E-state index is 0.0132. The quantitative estimate of drug-likeness (QED) is 0.319. The van der Waals surface area contributed by atoms with Gasteiger partial charge in [0.15, 0.2) is 5.84 Å². The van der Waals surface area contributed by atoms with Crippen LogP contribution < -0.4 is 5.73 Å². The van der Waals surface area contributed by atoms with E-state index in [0.717, 1.165) is 31.5 Å². The zero-order valence-electron chi connectivity index (χ0n) is 10.9. The van der Waals surface area contributed by atoms with E-state index in [1.165, 1.54) is 6.42 Å². The van der Waals surface area contributed by atoms with E-state index < -0.39 is 0 Å². The smallest absolute Gasteiger partial charge is 0.188 e. The van der Waals surface area contributed by atoms with Crippen molar-refractivity contribution in [3.63, 3.8) is 0 Å². The standard InChI is InChI=1S/C13H20N4O2/c14-13(16-19)12-7-10(4-5-15-12)8-17-6-2-1-3-11(17)9-18/h4-5,7,11,18-19H,1-3,6,8-9H2,(H2,14,16). The van der Waals surface area contributed by atoms with Crippen LogP contribution >= 0.6 is 0 Å². The molecule has 0 radical (unpaired) electrons. The average molecular weight is 264 g/mol. The Morgan fingerprint density at radius 1 is 1.53 bits per heavy atom. The van der Waals surface area contributed by atoms with Gasteiger partial charge in [-0.15, -0.1) is 0 Å². The van der Waals surface area contributed by atoms with Gasteiger partial charge in [-0.1, -0.05) is 11.6 Å². The van der Waals surface area contributed by atoms with Crippen LogP contribution in [0.4, 0.5) is 0 Å². The van der Waals surface area contributed by atoms with Gasteiger partial charge >= 0.3 is 0 Å². The minimum atomic E-state index is 0.0132. The first kappa shape index (κ1) is 13.8. The average Bonchev–Trinajstić information content (AvgIpc) is 2.47. The van der Waals surface area contributed by atoms with E-state index in [9.17, 15) is 5.11 Å². The number of nitrogens with two attached hydrogens (primary N) is 1. The molecule has 0 saturated carbocycles. The van der Waals surface area contributed by atoms with Gasteiger partial charge in [-0.25, -0.2) is 0 Å². The number of aliphatic hydroxyl groups is 1. The van der Waals surface area contributed by atoms with Crippen LogP contribution in [-0.2, 0) is 6.54 Å². The van der Waals surface area contributed by atoms with Crippen molar-refractivity contribution in [3.8, 4) is 0 Å². The number of piperidine rings is 1. The molecule has 19 heavy (non-hydrogen) atoms. The van der Waals surface area contributed by atoms with E-state index in [1.807, 2.05) is 12.1 Å². The van der Waals surface area contributed by atoms with Gasteiger partial charge in [0.2, 0.25) is 0 Å². The summed E-state index contributed by atoms with van der Waals surface area (Å²) in [5, 5.41) is 21.0. The molecule has 1 unspecified atom stereocenters. The summed E-state index contributed by atoms with van der Waals surface area (Å²) in [4.78, 5) is 6.33. The van der Waals surface area contributed by atoms with Crippen molar-refractivity contribution in [2.45, 2.75) is 31.8 Å². The topological polar surface area (TPSA) is 95.0 Å². The number of aliphatic hydroxyl groups excluding tert-OH is 1. The molecule has 0 bridgehead atoms. The largest absolute Gasteiger partial charge is 0.409 e. The Kier molecular flexibility index (Phi) is 4.70. The first-order valence-electron chi connectivity index (χ1n) is 6.52. The van der Waals surface area contributed by atoms with E-state index in [2.05, 4.69) is 15.0 Å². The second-order valence-electron chi connectivity index (χ2n) is 4.84. The molecular weight excluding hydrogens is 244 g/mol. The maximum atomic E-state index is 9.39. The van der Waals surface area contributed by atoms with E-state index in [0.29, 0.717) is 5.69 Å². The van der Waals surface area contributed by atoms with Crippen molar-refractivity contribution in [1.82, 2.24) is 9.88 Å². The van der Waals surface area contributed by atoms with Gasteiger partial charge in [-0.3, -0.25) is 9.88 Å². The molecule has 1 aliphatic rings. The van der Waals surface area contributed by atoms with Gasteiger partial charge in [-0.2, -0.15) is 0 Å². The van der Waals surface area contributed by atoms with Crippen LogP contribution in [0, 0.1) is 0 Å². The Morgan fingerprint density at radius 3 is 3.11 bits per heavy atom. The molecule has 1 aliphatic heterocycles. The van der Waals surface area contributed by atoms with E-state index >= 15 is 0 Å². The van der Waals surface area contributed by atoms with Gasteiger partial charge in [0.1, 0.15) is 5.69 Å². The first-order chi connectivity index (χ1) is 9.24. The summed E-state index contributed by atoms with van der Waals surface area (Å²) in [5.74, 6) is 0.0132. The molecule has 6 heteroatoms. The number of hydrogen-bond donors (Lipinski definition) is 3. The lowest BCUT2D eigenvalue weighted by molar-refractivity contribution is 0.0841. The molecule has 4 N–H and O–H groups in total. The monoisotopic (exact) mass is 264 g/mol. The lowest BCUT2D eigenvalue weighted by Gasteiger charge is -2.34. The van der Waals surface area contributed by atoms with Gasteiger partial charge in [0, 0.05) is 18.8 Å². The highest BCUT2D eigenvalue weighted by Gasteiger charge is 2.21. The Hall–Kier alpha value is -1.66. The zero-order valence-corrected chi connectivity index (χ0v) is 10.9. The highest BCUT2D eigenvalue weighted by Crippen LogP contribution is 2.19. The van der Waals surface area contributed by atoms with Crippen molar-refractivity contribution in [3.05, 3.63) is 29.6 Å². The van der Waals surface area contributed by atoms with Crippen molar-refractivity contribution < 1.29 is 10.3 Å². The molecule has 0 spiro atoms. The van der Waals surface area contributed by atoms with Gasteiger partial charge in [0.05, 0.1) is 6.61 Å². The van der Waals surface area contributed by atoms with E-state index in [-0.39, 0.29) is 18.5 Å². The number of hydrogen-bond acceptors (Lipinski definition) is 5. The molecule has 104 valence electrons.